The molecular formula is C13H14N2OS2. The summed E-state index contributed by atoms with van der Waals surface area (Å²) < 4.78 is 0. The Morgan fingerprint density at radius 3 is 2.89 bits per heavy atom. The average Bonchev–Trinajstić information content (AvgIpc) is 2.75. The highest BCUT2D eigenvalue weighted by molar-refractivity contribution is 7.80. The minimum absolute atomic E-state index is 0.0888. The van der Waals surface area contributed by atoms with Crippen molar-refractivity contribution in [3.63, 3.8) is 0 Å². The Morgan fingerprint density at radius 2 is 2.22 bits per heavy atom. The van der Waals surface area contributed by atoms with Crippen molar-refractivity contribution in [2.45, 2.75) is 25.3 Å². The average molecular weight is 278 g/mol. The molecule has 3 nitrogen and oxygen atoms in total. The Balaban J connectivity index is 2.05. The van der Waals surface area contributed by atoms with Crippen LogP contribution in [0.4, 0.5) is 0 Å². The molecular weight excluding hydrogens is 264 g/mol. The summed E-state index contributed by atoms with van der Waals surface area (Å²) >= 11 is 5.83. The summed E-state index contributed by atoms with van der Waals surface area (Å²) in [5, 5.41) is 5.83. The minimum atomic E-state index is -0.0888. The van der Waals surface area contributed by atoms with Crippen molar-refractivity contribution >= 4 is 29.9 Å². The fraction of sp³-hybridized carbons (Fsp3) is 0.231. The summed E-state index contributed by atoms with van der Waals surface area (Å²) in [6, 6.07) is 5.54. The highest BCUT2D eigenvalue weighted by Gasteiger charge is 2.09. The Morgan fingerprint density at radius 1 is 1.44 bits per heavy atom. The van der Waals surface area contributed by atoms with E-state index in [2.05, 4.69) is 22.9 Å². The van der Waals surface area contributed by atoms with Crippen LogP contribution >= 0.6 is 24.0 Å². The number of nitrogens with zero attached hydrogens (tertiary/aromatic N) is 1. The van der Waals surface area contributed by atoms with Gasteiger partial charge in [-0.1, -0.05) is 6.07 Å². The molecule has 1 heterocycles. The van der Waals surface area contributed by atoms with Gasteiger partial charge in [-0.15, -0.1) is 24.0 Å². The summed E-state index contributed by atoms with van der Waals surface area (Å²) in [5.74, 6) is -0.0888. The Bertz CT molecular complexity index is 578. The number of aryl methyl sites for hydroxylation is 2. The number of nitrogens with one attached hydrogen (secondary N) is 1. The summed E-state index contributed by atoms with van der Waals surface area (Å²) in [6.45, 7) is 4.32. The standard InChI is InChI=1S/C13H14N2OS2/c1-8-3-4-11(17)5-12(8)13(16)14-6-10-7-18-9(2)15-10/h3-5,7,17H,6H2,1-2H3,(H,14,16). The van der Waals surface area contributed by atoms with Crippen LogP contribution < -0.4 is 5.32 Å². The van der Waals surface area contributed by atoms with Crippen molar-refractivity contribution in [3.05, 3.63) is 45.4 Å². The van der Waals surface area contributed by atoms with Crippen LogP contribution in [0.15, 0.2) is 28.5 Å². The molecule has 2 aromatic rings. The molecule has 2 rings (SSSR count). The zero-order valence-electron chi connectivity index (χ0n) is 10.2. The van der Waals surface area contributed by atoms with Crippen LogP contribution in [0.3, 0.4) is 0 Å². The van der Waals surface area contributed by atoms with Gasteiger partial charge in [0.05, 0.1) is 17.2 Å². The van der Waals surface area contributed by atoms with Gasteiger partial charge in [0.2, 0.25) is 0 Å². The van der Waals surface area contributed by atoms with E-state index in [-0.39, 0.29) is 5.91 Å². The molecule has 1 aromatic heterocycles. The number of aromatic nitrogens is 1. The van der Waals surface area contributed by atoms with E-state index in [0.717, 1.165) is 21.2 Å². The molecule has 0 unspecified atom stereocenters. The van der Waals surface area contributed by atoms with Crippen molar-refractivity contribution in [3.8, 4) is 0 Å². The second-order valence-corrected chi connectivity index (χ2v) is 5.62. The highest BCUT2D eigenvalue weighted by Crippen LogP contribution is 2.14. The Kier molecular flexibility index (Phi) is 4.04. The number of hydrogen-bond donors (Lipinski definition) is 2. The monoisotopic (exact) mass is 278 g/mol. The van der Waals surface area contributed by atoms with Gasteiger partial charge in [-0.05, 0) is 31.5 Å². The molecule has 18 heavy (non-hydrogen) atoms. The molecule has 0 saturated carbocycles. The molecule has 1 amide bonds. The predicted molar refractivity (Wildman–Crippen MR) is 76.5 cm³/mol. The largest absolute Gasteiger partial charge is 0.346 e. The topological polar surface area (TPSA) is 42.0 Å². The lowest BCUT2D eigenvalue weighted by molar-refractivity contribution is 0.0949. The van der Waals surface area contributed by atoms with Crippen molar-refractivity contribution in [1.82, 2.24) is 10.3 Å². The second-order valence-electron chi connectivity index (χ2n) is 4.04. The minimum Gasteiger partial charge on any atom is -0.346 e. The molecule has 94 valence electrons. The number of rotatable bonds is 3. The lowest BCUT2D eigenvalue weighted by atomic mass is 10.1. The first-order chi connectivity index (χ1) is 8.56. The van der Waals surface area contributed by atoms with Crippen LogP contribution in [0.5, 0.6) is 0 Å². The van der Waals surface area contributed by atoms with Crippen LogP contribution in [0.25, 0.3) is 0 Å². The van der Waals surface area contributed by atoms with Gasteiger partial charge in [-0.2, -0.15) is 0 Å². The van der Waals surface area contributed by atoms with Gasteiger partial charge in [-0.25, -0.2) is 4.98 Å². The summed E-state index contributed by atoms with van der Waals surface area (Å²) in [4.78, 5) is 17.1. The molecule has 0 aliphatic carbocycles. The molecule has 1 aromatic carbocycles. The molecule has 0 atom stereocenters. The maximum atomic E-state index is 12.0. The highest BCUT2D eigenvalue weighted by atomic mass is 32.1. The third kappa shape index (κ3) is 3.11. The normalized spacial score (nSPS) is 10.4. The zero-order chi connectivity index (χ0) is 13.1. The van der Waals surface area contributed by atoms with Gasteiger partial charge < -0.3 is 5.32 Å². The zero-order valence-corrected chi connectivity index (χ0v) is 11.9. The number of thiazole rings is 1. The first-order valence-electron chi connectivity index (χ1n) is 5.55. The van der Waals surface area contributed by atoms with Crippen LogP contribution in [0, 0.1) is 13.8 Å². The van der Waals surface area contributed by atoms with E-state index >= 15 is 0 Å². The number of benzene rings is 1. The third-order valence-corrected chi connectivity index (χ3v) is 3.66. The predicted octanol–water partition coefficient (Wildman–Crippen LogP) is 2.98. The van der Waals surface area contributed by atoms with Crippen molar-refractivity contribution in [2.24, 2.45) is 0 Å². The summed E-state index contributed by atoms with van der Waals surface area (Å²) in [7, 11) is 0. The smallest absolute Gasteiger partial charge is 0.251 e. The lowest BCUT2D eigenvalue weighted by Gasteiger charge is -2.07. The van der Waals surface area contributed by atoms with Gasteiger partial charge in [0.15, 0.2) is 0 Å². The number of hydrogen-bond acceptors (Lipinski definition) is 4. The maximum absolute atomic E-state index is 12.0. The first kappa shape index (κ1) is 13.1. The van der Waals surface area contributed by atoms with Crippen LogP contribution in [0.1, 0.15) is 26.6 Å². The van der Waals surface area contributed by atoms with Crippen LogP contribution in [-0.2, 0) is 6.54 Å². The molecule has 0 radical (unpaired) electrons. The van der Waals surface area contributed by atoms with Crippen LogP contribution in [0.2, 0.25) is 0 Å². The van der Waals surface area contributed by atoms with E-state index in [9.17, 15) is 4.79 Å². The Hall–Kier alpha value is -1.33. The molecule has 0 aliphatic heterocycles. The molecule has 5 heteroatoms. The quantitative estimate of drug-likeness (QED) is 0.848. The molecule has 0 saturated heterocycles. The molecule has 0 bridgehead atoms. The maximum Gasteiger partial charge on any atom is 0.251 e. The van der Waals surface area contributed by atoms with Gasteiger partial charge >= 0.3 is 0 Å². The number of amides is 1. The summed E-state index contributed by atoms with van der Waals surface area (Å²) in [5.41, 5.74) is 2.50. The van der Waals surface area contributed by atoms with E-state index in [1.165, 1.54) is 0 Å². The van der Waals surface area contributed by atoms with Crippen molar-refractivity contribution in [1.29, 1.82) is 0 Å². The number of carbonyl (C=O) groups is 1. The molecule has 0 aliphatic rings. The van der Waals surface area contributed by atoms with Gasteiger partial charge in [-0.3, -0.25) is 4.79 Å². The van der Waals surface area contributed by atoms with Gasteiger partial charge in [0.25, 0.3) is 5.91 Å². The Labute approximate surface area is 116 Å². The molecule has 0 fully saturated rings. The fourth-order valence-corrected chi connectivity index (χ4v) is 2.43. The van der Waals surface area contributed by atoms with Crippen LogP contribution in [-0.4, -0.2) is 10.9 Å². The molecule has 0 spiro atoms. The third-order valence-electron chi connectivity index (χ3n) is 2.56. The lowest BCUT2D eigenvalue weighted by Crippen LogP contribution is -2.23. The van der Waals surface area contributed by atoms with E-state index < -0.39 is 0 Å². The van der Waals surface area contributed by atoms with E-state index in [4.69, 9.17) is 0 Å². The summed E-state index contributed by atoms with van der Waals surface area (Å²) in [6.07, 6.45) is 0. The first-order valence-corrected chi connectivity index (χ1v) is 6.88. The fourth-order valence-electron chi connectivity index (χ4n) is 1.61. The van der Waals surface area contributed by atoms with Crippen molar-refractivity contribution < 1.29 is 4.79 Å². The van der Waals surface area contributed by atoms with E-state index in [0.29, 0.717) is 12.1 Å². The van der Waals surface area contributed by atoms with Gasteiger partial charge in [0, 0.05) is 15.8 Å². The molecule has 1 N–H and O–H groups in total. The SMILES string of the molecule is Cc1nc(CNC(=O)c2cc(S)ccc2C)cs1. The van der Waals surface area contributed by atoms with E-state index in [1.54, 1.807) is 17.4 Å². The van der Waals surface area contributed by atoms with Crippen molar-refractivity contribution in [2.75, 3.05) is 0 Å². The number of carbonyl (C=O) groups excluding carboxylic acids is 1. The van der Waals surface area contributed by atoms with Gasteiger partial charge in [0.1, 0.15) is 0 Å². The van der Waals surface area contributed by atoms with E-state index in [1.807, 2.05) is 31.4 Å². The second kappa shape index (κ2) is 5.54. The number of thiol groups is 1.